The summed E-state index contributed by atoms with van der Waals surface area (Å²) >= 11 is 1.77. The van der Waals surface area contributed by atoms with E-state index in [4.69, 9.17) is 0 Å². The number of nitrogens with one attached hydrogen (secondary N) is 1. The van der Waals surface area contributed by atoms with Crippen molar-refractivity contribution in [2.24, 2.45) is 5.92 Å². The van der Waals surface area contributed by atoms with Crippen LogP contribution in [0.4, 0.5) is 0 Å². The smallest absolute Gasteiger partial charge is 0.107 e. The van der Waals surface area contributed by atoms with Crippen LogP contribution in [0.2, 0.25) is 0 Å². The minimum atomic E-state index is 0.735. The fourth-order valence-electron chi connectivity index (χ4n) is 2.50. The van der Waals surface area contributed by atoms with Crippen molar-refractivity contribution in [3.8, 4) is 0 Å². The molecule has 1 saturated carbocycles. The summed E-state index contributed by atoms with van der Waals surface area (Å²) in [5, 5.41) is 7.02. The van der Waals surface area contributed by atoms with Crippen molar-refractivity contribution < 1.29 is 0 Å². The van der Waals surface area contributed by atoms with Gasteiger partial charge in [0.25, 0.3) is 0 Å². The van der Waals surface area contributed by atoms with E-state index in [-0.39, 0.29) is 0 Å². The molecule has 0 aliphatic heterocycles. The van der Waals surface area contributed by atoms with Gasteiger partial charge in [-0.25, -0.2) is 4.98 Å². The molecule has 2 unspecified atom stereocenters. The number of aromatic nitrogens is 1. The molecule has 0 spiro atoms. The second-order valence-electron chi connectivity index (χ2n) is 4.47. The molecular weight excluding hydrogens is 204 g/mol. The fourth-order valence-corrected chi connectivity index (χ4v) is 3.22. The first-order valence-corrected chi connectivity index (χ1v) is 6.82. The molecule has 0 saturated heterocycles. The summed E-state index contributed by atoms with van der Waals surface area (Å²) in [5.41, 5.74) is 1.15. The molecule has 1 aromatic heterocycles. The standard InChI is InChI=1S/C12H20N2S/c1-3-10-5-4-6-11(10)13-7-12-14-9(2)8-15-12/h8,10-11,13H,3-7H2,1-2H3. The summed E-state index contributed by atoms with van der Waals surface area (Å²) in [6, 6.07) is 0.735. The molecule has 0 aromatic carbocycles. The Morgan fingerprint density at radius 1 is 1.53 bits per heavy atom. The normalized spacial score (nSPS) is 26.0. The average Bonchev–Trinajstić information content (AvgIpc) is 2.83. The highest BCUT2D eigenvalue weighted by atomic mass is 32.1. The highest BCUT2D eigenvalue weighted by molar-refractivity contribution is 7.09. The van der Waals surface area contributed by atoms with Crippen LogP contribution in [0.25, 0.3) is 0 Å². The maximum Gasteiger partial charge on any atom is 0.107 e. The van der Waals surface area contributed by atoms with E-state index in [2.05, 4.69) is 29.5 Å². The number of thiazole rings is 1. The topological polar surface area (TPSA) is 24.9 Å². The lowest BCUT2D eigenvalue weighted by Gasteiger charge is -2.18. The minimum Gasteiger partial charge on any atom is -0.307 e. The number of nitrogens with zero attached hydrogens (tertiary/aromatic N) is 1. The lowest BCUT2D eigenvalue weighted by molar-refractivity contribution is 0.389. The van der Waals surface area contributed by atoms with Crippen molar-refractivity contribution in [1.82, 2.24) is 10.3 Å². The Kier molecular flexibility index (Phi) is 3.76. The van der Waals surface area contributed by atoms with Crippen LogP contribution in [0.1, 0.15) is 43.3 Å². The van der Waals surface area contributed by atoms with Gasteiger partial charge in [-0.05, 0) is 25.7 Å². The van der Waals surface area contributed by atoms with Gasteiger partial charge in [-0.3, -0.25) is 0 Å². The molecule has 84 valence electrons. The summed E-state index contributed by atoms with van der Waals surface area (Å²) in [4.78, 5) is 4.48. The number of hydrogen-bond acceptors (Lipinski definition) is 3. The summed E-state index contributed by atoms with van der Waals surface area (Å²) < 4.78 is 0. The SMILES string of the molecule is CCC1CCCC1NCc1nc(C)cs1. The summed E-state index contributed by atoms with van der Waals surface area (Å²) in [6.45, 7) is 5.32. The predicted octanol–water partition coefficient (Wildman–Crippen LogP) is 3.12. The molecule has 1 aliphatic carbocycles. The second kappa shape index (κ2) is 5.08. The zero-order chi connectivity index (χ0) is 10.7. The van der Waals surface area contributed by atoms with Crippen LogP contribution in [0.15, 0.2) is 5.38 Å². The molecule has 0 bridgehead atoms. The number of aryl methyl sites for hydroxylation is 1. The minimum absolute atomic E-state index is 0.735. The lowest BCUT2D eigenvalue weighted by Crippen LogP contribution is -2.31. The molecular formula is C12H20N2S. The zero-order valence-electron chi connectivity index (χ0n) is 9.62. The third-order valence-corrected chi connectivity index (χ3v) is 4.33. The monoisotopic (exact) mass is 224 g/mol. The maximum absolute atomic E-state index is 4.48. The molecule has 3 heteroatoms. The van der Waals surface area contributed by atoms with Crippen LogP contribution >= 0.6 is 11.3 Å². The molecule has 2 nitrogen and oxygen atoms in total. The molecule has 1 aromatic rings. The molecule has 2 rings (SSSR count). The third-order valence-electron chi connectivity index (χ3n) is 3.37. The highest BCUT2D eigenvalue weighted by Crippen LogP contribution is 2.28. The Morgan fingerprint density at radius 2 is 2.40 bits per heavy atom. The zero-order valence-corrected chi connectivity index (χ0v) is 10.4. The molecule has 0 amide bonds. The summed E-state index contributed by atoms with van der Waals surface area (Å²) in [6.07, 6.45) is 5.47. The second-order valence-corrected chi connectivity index (χ2v) is 5.41. The van der Waals surface area contributed by atoms with Crippen molar-refractivity contribution in [2.45, 2.75) is 52.1 Å². The van der Waals surface area contributed by atoms with Crippen molar-refractivity contribution in [2.75, 3.05) is 0 Å². The van der Waals surface area contributed by atoms with E-state index in [1.807, 2.05) is 0 Å². The van der Waals surface area contributed by atoms with Crippen molar-refractivity contribution in [3.05, 3.63) is 16.1 Å². The van der Waals surface area contributed by atoms with E-state index in [1.54, 1.807) is 11.3 Å². The first-order valence-electron chi connectivity index (χ1n) is 5.94. The molecule has 2 atom stereocenters. The molecule has 1 heterocycles. The van der Waals surface area contributed by atoms with Crippen molar-refractivity contribution in [1.29, 1.82) is 0 Å². The van der Waals surface area contributed by atoms with Gasteiger partial charge < -0.3 is 5.32 Å². The van der Waals surface area contributed by atoms with E-state index < -0.39 is 0 Å². The lowest BCUT2D eigenvalue weighted by atomic mass is 10.0. The summed E-state index contributed by atoms with van der Waals surface area (Å²) in [7, 11) is 0. The van der Waals surface area contributed by atoms with Crippen LogP contribution in [-0.4, -0.2) is 11.0 Å². The average molecular weight is 224 g/mol. The highest BCUT2D eigenvalue weighted by Gasteiger charge is 2.25. The van der Waals surface area contributed by atoms with Gasteiger partial charge in [-0.2, -0.15) is 0 Å². The van der Waals surface area contributed by atoms with Gasteiger partial charge >= 0.3 is 0 Å². The van der Waals surface area contributed by atoms with E-state index in [0.717, 1.165) is 24.2 Å². The van der Waals surface area contributed by atoms with Crippen molar-refractivity contribution >= 4 is 11.3 Å². The van der Waals surface area contributed by atoms with Crippen molar-refractivity contribution in [3.63, 3.8) is 0 Å². The Morgan fingerprint density at radius 3 is 3.07 bits per heavy atom. The largest absolute Gasteiger partial charge is 0.307 e. The van der Waals surface area contributed by atoms with Crippen LogP contribution in [0, 0.1) is 12.8 Å². The molecule has 1 aliphatic rings. The van der Waals surface area contributed by atoms with Gasteiger partial charge in [-0.1, -0.05) is 19.8 Å². The first kappa shape index (κ1) is 11.1. The van der Waals surface area contributed by atoms with E-state index in [0.29, 0.717) is 0 Å². The Labute approximate surface area is 96.1 Å². The summed E-state index contributed by atoms with van der Waals surface area (Å²) in [5.74, 6) is 0.894. The maximum atomic E-state index is 4.48. The van der Waals surface area contributed by atoms with E-state index in [9.17, 15) is 0 Å². The van der Waals surface area contributed by atoms with Gasteiger partial charge in [0.05, 0.1) is 0 Å². The predicted molar refractivity (Wildman–Crippen MR) is 65.1 cm³/mol. The van der Waals surface area contributed by atoms with Gasteiger partial charge in [-0.15, -0.1) is 11.3 Å². The van der Waals surface area contributed by atoms with Gasteiger partial charge in [0.2, 0.25) is 0 Å². The quantitative estimate of drug-likeness (QED) is 0.850. The van der Waals surface area contributed by atoms with Gasteiger partial charge in [0.15, 0.2) is 0 Å². The van der Waals surface area contributed by atoms with Crippen LogP contribution in [-0.2, 0) is 6.54 Å². The molecule has 1 fully saturated rings. The third kappa shape index (κ3) is 2.79. The number of rotatable bonds is 4. The fraction of sp³-hybridized carbons (Fsp3) is 0.750. The van der Waals surface area contributed by atoms with Crippen LogP contribution < -0.4 is 5.32 Å². The van der Waals surface area contributed by atoms with Crippen LogP contribution in [0.3, 0.4) is 0 Å². The molecule has 1 N–H and O–H groups in total. The van der Waals surface area contributed by atoms with Gasteiger partial charge in [0, 0.05) is 23.7 Å². The van der Waals surface area contributed by atoms with Crippen LogP contribution in [0.5, 0.6) is 0 Å². The molecule has 15 heavy (non-hydrogen) atoms. The Bertz CT molecular complexity index is 308. The first-order chi connectivity index (χ1) is 7.29. The van der Waals surface area contributed by atoms with Gasteiger partial charge in [0.1, 0.15) is 5.01 Å². The Balaban J connectivity index is 1.82. The number of hydrogen-bond donors (Lipinski definition) is 1. The Hall–Kier alpha value is -0.410. The van der Waals surface area contributed by atoms with E-state index >= 15 is 0 Å². The molecule has 0 radical (unpaired) electrons. The van der Waals surface area contributed by atoms with E-state index in [1.165, 1.54) is 30.7 Å².